The minimum atomic E-state index is -0.280. The van der Waals surface area contributed by atoms with Crippen LogP contribution >= 0.6 is 0 Å². The van der Waals surface area contributed by atoms with Gasteiger partial charge in [0.15, 0.2) is 0 Å². The van der Waals surface area contributed by atoms with Crippen LogP contribution in [0.25, 0.3) is 0 Å². The van der Waals surface area contributed by atoms with Crippen molar-refractivity contribution in [1.29, 1.82) is 0 Å². The van der Waals surface area contributed by atoms with Gasteiger partial charge in [-0.1, -0.05) is 18.6 Å². The molecule has 2 fully saturated rings. The first kappa shape index (κ1) is 14.5. The number of carbonyl (C=O) groups excluding carboxylic acids is 1. The number of rotatable bonds is 2. The molecule has 1 heterocycles. The number of nitrogens with two attached hydrogens (primary N) is 1. The first-order valence-electron chi connectivity index (χ1n) is 7.56. The van der Waals surface area contributed by atoms with Crippen LogP contribution in [0.1, 0.15) is 30.9 Å². The average molecular weight is 292 g/mol. The van der Waals surface area contributed by atoms with Gasteiger partial charge in [-0.15, -0.1) is 0 Å². The summed E-state index contributed by atoms with van der Waals surface area (Å²) in [6.07, 6.45) is 2.57. The molecule has 114 valence electrons. The zero-order chi connectivity index (χ0) is 14.8. The molecule has 21 heavy (non-hydrogen) atoms. The Morgan fingerprint density at radius 1 is 1.38 bits per heavy atom. The molecule has 3 atom stereocenters. The second-order valence-corrected chi connectivity index (χ2v) is 5.90. The minimum Gasteiger partial charge on any atom is -0.370 e. The minimum absolute atomic E-state index is 0.0204. The lowest BCUT2D eigenvalue weighted by Gasteiger charge is -2.35. The third kappa shape index (κ3) is 3.09. The number of ether oxygens (including phenoxy) is 1. The van der Waals surface area contributed by atoms with Crippen LogP contribution in [-0.2, 0) is 9.53 Å². The number of morpholine rings is 1. The molecule has 0 bridgehead atoms. The lowest BCUT2D eigenvalue weighted by molar-refractivity contribution is -0.143. The summed E-state index contributed by atoms with van der Waals surface area (Å²) in [6, 6.07) is 6.37. The summed E-state index contributed by atoms with van der Waals surface area (Å²) in [6.45, 7) is 1.55. The Kier molecular flexibility index (Phi) is 4.22. The van der Waals surface area contributed by atoms with Crippen LogP contribution in [0, 0.1) is 11.7 Å². The predicted octanol–water partition coefficient (Wildman–Crippen LogP) is 1.85. The molecule has 3 rings (SSSR count). The number of amides is 1. The van der Waals surface area contributed by atoms with E-state index in [4.69, 9.17) is 10.5 Å². The van der Waals surface area contributed by atoms with Crippen LogP contribution in [0.2, 0.25) is 0 Å². The summed E-state index contributed by atoms with van der Waals surface area (Å²) >= 11 is 0. The topological polar surface area (TPSA) is 55.6 Å². The number of halogens is 1. The van der Waals surface area contributed by atoms with Crippen molar-refractivity contribution in [2.45, 2.75) is 31.4 Å². The third-order valence-electron chi connectivity index (χ3n) is 4.49. The van der Waals surface area contributed by atoms with Crippen molar-refractivity contribution < 1.29 is 13.9 Å². The lowest BCUT2D eigenvalue weighted by atomic mass is 10.0. The molecule has 1 saturated heterocycles. The van der Waals surface area contributed by atoms with E-state index in [-0.39, 0.29) is 29.8 Å². The van der Waals surface area contributed by atoms with E-state index in [1.807, 2.05) is 11.0 Å². The van der Waals surface area contributed by atoms with Crippen LogP contribution in [0.15, 0.2) is 24.3 Å². The maximum absolute atomic E-state index is 13.3. The molecule has 1 aromatic carbocycles. The Bertz CT molecular complexity index is 523. The highest BCUT2D eigenvalue weighted by Crippen LogP contribution is 2.29. The normalized spacial score (nSPS) is 29.6. The van der Waals surface area contributed by atoms with Gasteiger partial charge >= 0.3 is 0 Å². The molecular formula is C16H21FN2O2. The van der Waals surface area contributed by atoms with Crippen molar-refractivity contribution in [3.63, 3.8) is 0 Å². The van der Waals surface area contributed by atoms with E-state index in [1.54, 1.807) is 6.07 Å². The molecule has 0 spiro atoms. The van der Waals surface area contributed by atoms with Crippen molar-refractivity contribution in [3.05, 3.63) is 35.6 Å². The maximum Gasteiger partial charge on any atom is 0.227 e. The molecule has 2 N–H and O–H groups in total. The highest BCUT2D eigenvalue weighted by molar-refractivity contribution is 5.80. The zero-order valence-corrected chi connectivity index (χ0v) is 12.0. The van der Waals surface area contributed by atoms with E-state index < -0.39 is 0 Å². The quantitative estimate of drug-likeness (QED) is 0.905. The number of benzene rings is 1. The smallest absolute Gasteiger partial charge is 0.227 e. The fourth-order valence-electron chi connectivity index (χ4n) is 3.29. The molecule has 0 radical (unpaired) electrons. The molecule has 5 heteroatoms. The Balaban J connectivity index is 1.69. The van der Waals surface area contributed by atoms with Crippen molar-refractivity contribution in [1.82, 2.24) is 4.90 Å². The van der Waals surface area contributed by atoms with Crippen LogP contribution < -0.4 is 5.73 Å². The summed E-state index contributed by atoms with van der Waals surface area (Å²) in [5.74, 6) is -0.210. The Morgan fingerprint density at radius 2 is 2.24 bits per heavy atom. The Labute approximate surface area is 124 Å². The van der Waals surface area contributed by atoms with Crippen LogP contribution in [-0.4, -0.2) is 36.5 Å². The van der Waals surface area contributed by atoms with Gasteiger partial charge in [-0.2, -0.15) is 0 Å². The summed E-state index contributed by atoms with van der Waals surface area (Å²) < 4.78 is 19.0. The monoisotopic (exact) mass is 292 g/mol. The average Bonchev–Trinajstić information content (AvgIpc) is 2.93. The van der Waals surface area contributed by atoms with E-state index in [0.29, 0.717) is 19.7 Å². The SMILES string of the molecule is N[C@@H]1CCC[C@H]1C(=O)N1CCO[C@H](c2cccc(F)c2)C1. The fraction of sp³-hybridized carbons (Fsp3) is 0.562. The number of hydrogen-bond donors (Lipinski definition) is 1. The number of nitrogens with zero attached hydrogens (tertiary/aromatic N) is 1. The first-order chi connectivity index (χ1) is 10.1. The predicted molar refractivity (Wildman–Crippen MR) is 77.0 cm³/mol. The van der Waals surface area contributed by atoms with Gasteiger partial charge in [-0.05, 0) is 30.5 Å². The Morgan fingerprint density at radius 3 is 2.95 bits per heavy atom. The molecule has 1 aliphatic heterocycles. The standard InChI is InChI=1S/C16H21FN2O2/c17-12-4-1-3-11(9-12)15-10-19(7-8-21-15)16(20)13-5-2-6-14(13)18/h1,3-4,9,13-15H,2,5-8,10,18H2/t13-,14-,15+/m1/s1. The summed E-state index contributed by atoms with van der Waals surface area (Å²) in [5, 5.41) is 0. The molecule has 1 aromatic rings. The van der Waals surface area contributed by atoms with Gasteiger partial charge in [0, 0.05) is 12.6 Å². The van der Waals surface area contributed by atoms with Crippen LogP contribution in [0.3, 0.4) is 0 Å². The number of carbonyl (C=O) groups is 1. The fourth-order valence-corrected chi connectivity index (χ4v) is 3.29. The largest absolute Gasteiger partial charge is 0.370 e. The second kappa shape index (κ2) is 6.12. The Hall–Kier alpha value is -1.46. The molecule has 1 aliphatic carbocycles. The van der Waals surface area contributed by atoms with E-state index in [9.17, 15) is 9.18 Å². The van der Waals surface area contributed by atoms with E-state index in [2.05, 4.69) is 0 Å². The van der Waals surface area contributed by atoms with E-state index >= 15 is 0 Å². The highest BCUT2D eigenvalue weighted by Gasteiger charge is 2.35. The second-order valence-electron chi connectivity index (χ2n) is 5.90. The van der Waals surface area contributed by atoms with Crippen molar-refractivity contribution in [2.75, 3.05) is 19.7 Å². The van der Waals surface area contributed by atoms with Crippen molar-refractivity contribution in [3.8, 4) is 0 Å². The van der Waals surface area contributed by atoms with E-state index in [1.165, 1.54) is 12.1 Å². The van der Waals surface area contributed by atoms with Gasteiger partial charge in [0.2, 0.25) is 5.91 Å². The number of hydrogen-bond acceptors (Lipinski definition) is 3. The lowest BCUT2D eigenvalue weighted by Crippen LogP contribution is -2.47. The van der Waals surface area contributed by atoms with E-state index in [0.717, 1.165) is 24.8 Å². The highest BCUT2D eigenvalue weighted by atomic mass is 19.1. The van der Waals surface area contributed by atoms with Gasteiger partial charge in [0.05, 0.1) is 19.1 Å². The van der Waals surface area contributed by atoms with Crippen molar-refractivity contribution in [2.24, 2.45) is 11.7 Å². The molecule has 1 amide bonds. The molecule has 0 unspecified atom stereocenters. The maximum atomic E-state index is 13.3. The summed E-state index contributed by atoms with van der Waals surface area (Å²) in [4.78, 5) is 14.4. The molecule has 4 nitrogen and oxygen atoms in total. The van der Waals surface area contributed by atoms with Gasteiger partial charge in [-0.3, -0.25) is 4.79 Å². The van der Waals surface area contributed by atoms with Crippen LogP contribution in [0.4, 0.5) is 4.39 Å². The summed E-state index contributed by atoms with van der Waals surface area (Å²) in [5.41, 5.74) is 6.80. The molecule has 1 saturated carbocycles. The van der Waals surface area contributed by atoms with Gasteiger partial charge < -0.3 is 15.4 Å². The van der Waals surface area contributed by atoms with Gasteiger partial charge in [0.25, 0.3) is 0 Å². The van der Waals surface area contributed by atoms with Gasteiger partial charge in [-0.25, -0.2) is 4.39 Å². The zero-order valence-electron chi connectivity index (χ0n) is 12.0. The molecule has 2 aliphatic rings. The first-order valence-corrected chi connectivity index (χ1v) is 7.56. The third-order valence-corrected chi connectivity index (χ3v) is 4.49. The molecular weight excluding hydrogens is 271 g/mol. The summed E-state index contributed by atoms with van der Waals surface area (Å²) in [7, 11) is 0. The van der Waals surface area contributed by atoms with Crippen LogP contribution in [0.5, 0.6) is 0 Å². The van der Waals surface area contributed by atoms with Crippen molar-refractivity contribution >= 4 is 5.91 Å². The van der Waals surface area contributed by atoms with Gasteiger partial charge in [0.1, 0.15) is 11.9 Å². The molecule has 0 aromatic heterocycles.